The van der Waals surface area contributed by atoms with E-state index in [2.05, 4.69) is 25.7 Å². The molecule has 0 aromatic rings. The minimum atomic E-state index is -0.123. The number of fused-ring (bicyclic) bond motifs is 1. The van der Waals surface area contributed by atoms with Crippen molar-refractivity contribution in [2.45, 2.75) is 52.0 Å². The molecule has 0 N–H and O–H groups in total. The quantitative estimate of drug-likeness (QED) is 0.680. The predicted octanol–water partition coefficient (Wildman–Crippen LogP) is 3.25. The Balaban J connectivity index is 2.10. The van der Waals surface area contributed by atoms with Crippen molar-refractivity contribution in [1.82, 2.24) is 4.90 Å². The van der Waals surface area contributed by atoms with Gasteiger partial charge in [0.05, 0.1) is 6.67 Å². The Morgan fingerprint density at radius 2 is 2.13 bits per heavy atom. The van der Waals surface area contributed by atoms with Crippen LogP contribution >= 0.6 is 0 Å². The fourth-order valence-electron chi connectivity index (χ4n) is 3.79. The zero-order valence-electron chi connectivity index (χ0n) is 10.4. The lowest BCUT2D eigenvalue weighted by Crippen LogP contribution is -2.41. The number of rotatable bonds is 2. The van der Waals surface area contributed by atoms with Gasteiger partial charge in [0.25, 0.3) is 0 Å². The maximum Gasteiger partial charge on any atom is 0.0935 e. The summed E-state index contributed by atoms with van der Waals surface area (Å²) in [6.45, 7) is 9.00. The molecule has 2 atom stereocenters. The Hall–Kier alpha value is -0.110. The number of halogens is 1. The van der Waals surface area contributed by atoms with Crippen molar-refractivity contribution in [2.75, 3.05) is 19.8 Å². The fourth-order valence-corrected chi connectivity index (χ4v) is 3.79. The van der Waals surface area contributed by atoms with Crippen LogP contribution in [0.1, 0.15) is 46.5 Å². The van der Waals surface area contributed by atoms with Crippen molar-refractivity contribution < 1.29 is 4.39 Å². The third-order valence-corrected chi connectivity index (χ3v) is 3.97. The summed E-state index contributed by atoms with van der Waals surface area (Å²) in [5, 5.41) is 0. The third kappa shape index (κ3) is 2.20. The van der Waals surface area contributed by atoms with Gasteiger partial charge in [0.2, 0.25) is 0 Å². The third-order valence-electron chi connectivity index (χ3n) is 3.97. The molecule has 1 nitrogen and oxygen atoms in total. The molecule has 2 saturated heterocycles. The zero-order valence-corrected chi connectivity index (χ0v) is 10.4. The minimum absolute atomic E-state index is 0.123. The van der Waals surface area contributed by atoms with Crippen LogP contribution in [0.25, 0.3) is 0 Å². The Morgan fingerprint density at radius 1 is 1.40 bits per heavy atom. The molecule has 2 fully saturated rings. The van der Waals surface area contributed by atoms with Gasteiger partial charge in [0, 0.05) is 18.0 Å². The maximum absolute atomic E-state index is 12.8. The van der Waals surface area contributed by atoms with Gasteiger partial charge in [-0.25, -0.2) is 0 Å². The molecule has 2 aliphatic rings. The standard InChI is InChI=1S/C13H24FN/c1-12(2,3)10-13-5-4-6-15(13)9-11(7-13)8-14/h11H,4-10H2,1-3H3. The number of hydrogen-bond donors (Lipinski definition) is 0. The second-order valence-electron chi connectivity index (χ2n) is 6.74. The highest BCUT2D eigenvalue weighted by Crippen LogP contribution is 2.47. The maximum atomic E-state index is 12.8. The highest BCUT2D eigenvalue weighted by Gasteiger charge is 2.49. The largest absolute Gasteiger partial charge is 0.297 e. The summed E-state index contributed by atoms with van der Waals surface area (Å²) in [7, 11) is 0. The molecule has 2 rings (SSSR count). The summed E-state index contributed by atoms with van der Waals surface area (Å²) in [6.07, 6.45) is 4.94. The highest BCUT2D eigenvalue weighted by atomic mass is 19.1. The zero-order chi connectivity index (χ0) is 11.1. The first-order valence-electron chi connectivity index (χ1n) is 6.26. The summed E-state index contributed by atoms with van der Waals surface area (Å²) < 4.78 is 12.8. The van der Waals surface area contributed by atoms with Gasteiger partial charge in [-0.2, -0.15) is 0 Å². The summed E-state index contributed by atoms with van der Waals surface area (Å²) in [6, 6.07) is 0. The Bertz CT molecular complexity index is 233. The van der Waals surface area contributed by atoms with Crippen molar-refractivity contribution in [2.24, 2.45) is 11.3 Å². The van der Waals surface area contributed by atoms with E-state index in [9.17, 15) is 4.39 Å². The Kier molecular flexibility index (Phi) is 2.83. The van der Waals surface area contributed by atoms with Crippen molar-refractivity contribution in [3.63, 3.8) is 0 Å². The second kappa shape index (κ2) is 3.73. The smallest absolute Gasteiger partial charge is 0.0935 e. The van der Waals surface area contributed by atoms with E-state index < -0.39 is 0 Å². The molecular weight excluding hydrogens is 189 g/mol. The van der Waals surface area contributed by atoms with Gasteiger partial charge >= 0.3 is 0 Å². The molecule has 15 heavy (non-hydrogen) atoms. The van der Waals surface area contributed by atoms with E-state index in [4.69, 9.17) is 0 Å². The fraction of sp³-hybridized carbons (Fsp3) is 1.00. The number of hydrogen-bond acceptors (Lipinski definition) is 1. The van der Waals surface area contributed by atoms with E-state index in [1.807, 2.05) is 0 Å². The van der Waals surface area contributed by atoms with E-state index in [0.717, 1.165) is 13.0 Å². The molecule has 0 aromatic heterocycles. The van der Waals surface area contributed by atoms with Crippen LogP contribution in [0, 0.1) is 11.3 Å². The van der Waals surface area contributed by atoms with Crippen LogP contribution in [0.2, 0.25) is 0 Å². The summed E-state index contributed by atoms with van der Waals surface area (Å²) in [5.74, 6) is 0.313. The topological polar surface area (TPSA) is 3.24 Å². The molecule has 0 aromatic carbocycles. The summed E-state index contributed by atoms with van der Waals surface area (Å²) >= 11 is 0. The van der Waals surface area contributed by atoms with Crippen molar-refractivity contribution >= 4 is 0 Å². The van der Waals surface area contributed by atoms with Gasteiger partial charge in [-0.3, -0.25) is 9.29 Å². The molecule has 0 spiro atoms. The molecule has 0 saturated carbocycles. The van der Waals surface area contributed by atoms with Gasteiger partial charge in [-0.15, -0.1) is 0 Å². The highest BCUT2D eigenvalue weighted by molar-refractivity contribution is 5.04. The van der Waals surface area contributed by atoms with Crippen LogP contribution in [-0.2, 0) is 0 Å². The molecular formula is C13H24FN. The minimum Gasteiger partial charge on any atom is -0.297 e. The summed E-state index contributed by atoms with van der Waals surface area (Å²) in [5.41, 5.74) is 0.725. The van der Waals surface area contributed by atoms with Gasteiger partial charge in [0.15, 0.2) is 0 Å². The van der Waals surface area contributed by atoms with Gasteiger partial charge in [-0.05, 0) is 37.6 Å². The van der Waals surface area contributed by atoms with Crippen molar-refractivity contribution in [3.8, 4) is 0 Å². The lowest BCUT2D eigenvalue weighted by Gasteiger charge is -2.37. The molecule has 0 radical (unpaired) electrons. The monoisotopic (exact) mass is 213 g/mol. The van der Waals surface area contributed by atoms with Crippen LogP contribution in [0.4, 0.5) is 4.39 Å². The van der Waals surface area contributed by atoms with E-state index in [1.54, 1.807) is 0 Å². The molecule has 88 valence electrons. The first-order chi connectivity index (χ1) is 6.95. The van der Waals surface area contributed by atoms with E-state index in [-0.39, 0.29) is 6.67 Å². The number of alkyl halides is 1. The lowest BCUT2D eigenvalue weighted by molar-refractivity contribution is 0.129. The molecule has 2 aliphatic heterocycles. The van der Waals surface area contributed by atoms with E-state index in [0.29, 0.717) is 16.9 Å². The molecule has 0 amide bonds. The van der Waals surface area contributed by atoms with Gasteiger partial charge < -0.3 is 0 Å². The molecule has 2 unspecified atom stereocenters. The molecule has 2 heterocycles. The molecule has 0 bridgehead atoms. The van der Waals surface area contributed by atoms with Gasteiger partial charge in [0.1, 0.15) is 0 Å². The summed E-state index contributed by atoms with van der Waals surface area (Å²) in [4.78, 5) is 2.57. The van der Waals surface area contributed by atoms with Crippen LogP contribution in [-0.4, -0.2) is 30.2 Å². The van der Waals surface area contributed by atoms with E-state index in [1.165, 1.54) is 25.8 Å². The van der Waals surface area contributed by atoms with E-state index >= 15 is 0 Å². The van der Waals surface area contributed by atoms with Gasteiger partial charge in [-0.1, -0.05) is 20.8 Å². The molecule has 0 aliphatic carbocycles. The van der Waals surface area contributed by atoms with Crippen molar-refractivity contribution in [3.05, 3.63) is 0 Å². The van der Waals surface area contributed by atoms with Crippen LogP contribution in [0.15, 0.2) is 0 Å². The average Bonchev–Trinajstić information content (AvgIpc) is 2.56. The normalized spacial score (nSPS) is 37.2. The lowest BCUT2D eigenvalue weighted by atomic mass is 9.76. The van der Waals surface area contributed by atoms with Crippen LogP contribution in [0.3, 0.4) is 0 Å². The second-order valence-corrected chi connectivity index (χ2v) is 6.74. The predicted molar refractivity (Wildman–Crippen MR) is 61.7 cm³/mol. The first kappa shape index (κ1) is 11.4. The van der Waals surface area contributed by atoms with Crippen molar-refractivity contribution in [1.29, 1.82) is 0 Å². The SMILES string of the molecule is CC(C)(C)CC12CCCN1CC(CF)C2. The first-order valence-corrected chi connectivity index (χ1v) is 6.26. The average molecular weight is 213 g/mol. The van der Waals surface area contributed by atoms with Crippen LogP contribution < -0.4 is 0 Å². The number of nitrogens with zero attached hydrogens (tertiary/aromatic N) is 1. The Labute approximate surface area is 93.0 Å². The Morgan fingerprint density at radius 3 is 2.73 bits per heavy atom. The van der Waals surface area contributed by atoms with Crippen LogP contribution in [0.5, 0.6) is 0 Å². The molecule has 2 heteroatoms.